The SMILES string of the molecule is CC1C(Nc2nc(Cl)ncc2F)CC(C)(C)N2CCCC12.CC1C(Nc2nc(Nc3ccc(C4CC4)c(-n4nnn(C)c4=O)c3)ncc2F)CC(C)(C)N2CCCC12.CC1C(Nc2nc(Nc3ccc(F)c(-n4nnn(C)c4=O)c3)ncc2F)CC(C)(C)N2CCCC12. The first kappa shape index (κ1) is 65.4. The van der Waals surface area contributed by atoms with Crippen LogP contribution in [0.3, 0.4) is 0 Å². The number of nitrogens with one attached hydrogen (secondary N) is 5. The van der Waals surface area contributed by atoms with Gasteiger partial charge in [-0.2, -0.15) is 33.7 Å². The van der Waals surface area contributed by atoms with Gasteiger partial charge in [0.25, 0.3) is 0 Å². The zero-order valence-electron chi connectivity index (χ0n) is 54.7. The van der Waals surface area contributed by atoms with Crippen molar-refractivity contribution in [2.24, 2.45) is 31.8 Å². The lowest BCUT2D eigenvalue weighted by molar-refractivity contribution is 0.0163. The lowest BCUT2D eigenvalue weighted by Crippen LogP contribution is -2.59. The summed E-state index contributed by atoms with van der Waals surface area (Å²) in [7, 11) is 3.00. The van der Waals surface area contributed by atoms with Crippen LogP contribution in [0.15, 0.2) is 64.6 Å². The summed E-state index contributed by atoms with van der Waals surface area (Å²) in [5, 5.41) is 31.4. The second kappa shape index (κ2) is 25.9. The summed E-state index contributed by atoms with van der Waals surface area (Å²) < 4.78 is 62.2. The minimum absolute atomic E-state index is 0.0128. The highest BCUT2D eigenvalue weighted by atomic mass is 35.5. The number of fused-ring (bicyclic) bond motifs is 3. The Kier molecular flexibility index (Phi) is 18.2. The molecule has 9 atom stereocenters. The Morgan fingerprint density at radius 2 is 0.882 bits per heavy atom. The molecule has 11 heterocycles. The molecule has 5 N–H and O–H groups in total. The normalized spacial score (nSPS) is 26.2. The Bertz CT molecular complexity index is 3980. The van der Waals surface area contributed by atoms with E-state index in [2.05, 4.69) is 154 Å². The predicted octanol–water partition coefficient (Wildman–Crippen LogP) is 9.75. The molecule has 0 spiro atoms. The number of benzene rings is 2. The zero-order chi connectivity index (χ0) is 66.0. The highest BCUT2D eigenvalue weighted by molar-refractivity contribution is 6.28. The van der Waals surface area contributed by atoms with E-state index in [1.165, 1.54) is 79.5 Å². The Labute approximate surface area is 543 Å². The molecule has 2 aromatic carbocycles. The number of nitrogens with zero attached hydrogens (tertiary/aromatic N) is 17. The van der Waals surface area contributed by atoms with Crippen LogP contribution in [0.1, 0.15) is 144 Å². The average Bonchev–Trinajstić information content (AvgIpc) is 1.77. The Balaban J connectivity index is 0.000000139. The fourth-order valence-electron chi connectivity index (χ4n) is 15.7. The molecule has 93 heavy (non-hydrogen) atoms. The molecule has 29 heteroatoms. The van der Waals surface area contributed by atoms with Gasteiger partial charge < -0.3 is 26.6 Å². The van der Waals surface area contributed by atoms with Gasteiger partial charge >= 0.3 is 11.4 Å². The summed E-state index contributed by atoms with van der Waals surface area (Å²) in [4.78, 5) is 57.2. The number of piperidine rings is 3. The predicted molar refractivity (Wildman–Crippen MR) is 348 cm³/mol. The van der Waals surface area contributed by atoms with Crippen LogP contribution in [0.5, 0.6) is 0 Å². The minimum atomic E-state index is -0.643. The lowest BCUT2D eigenvalue weighted by atomic mass is 9.77. The van der Waals surface area contributed by atoms with Gasteiger partial charge in [0.15, 0.2) is 34.9 Å². The molecule has 14 rings (SSSR count). The Morgan fingerprint density at radius 1 is 0.495 bits per heavy atom. The molecule has 9 unspecified atom stereocenters. The van der Waals surface area contributed by atoms with Crippen LogP contribution in [-0.2, 0) is 14.1 Å². The van der Waals surface area contributed by atoms with Crippen molar-refractivity contribution in [1.29, 1.82) is 0 Å². The van der Waals surface area contributed by atoms with Crippen LogP contribution in [0.25, 0.3) is 11.4 Å². The largest absolute Gasteiger partial charge is 0.368 e. The first-order valence-corrected chi connectivity index (χ1v) is 32.9. The summed E-state index contributed by atoms with van der Waals surface area (Å²) in [6, 6.07) is 11.7. The van der Waals surface area contributed by atoms with E-state index >= 15 is 0 Å². The highest BCUT2D eigenvalue weighted by Crippen LogP contribution is 2.46. The van der Waals surface area contributed by atoms with Crippen molar-refractivity contribution in [1.82, 2.24) is 84.2 Å². The fourth-order valence-corrected chi connectivity index (χ4v) is 15.8. The van der Waals surface area contributed by atoms with Crippen LogP contribution >= 0.6 is 11.6 Å². The average molecular weight is 1310 g/mol. The number of aryl methyl sites for hydroxylation is 2. The van der Waals surface area contributed by atoms with Crippen molar-refractivity contribution in [2.75, 3.05) is 46.2 Å². The molecule has 7 aromatic rings. The number of anilines is 7. The van der Waals surface area contributed by atoms with Crippen LogP contribution in [0.4, 0.5) is 58.3 Å². The van der Waals surface area contributed by atoms with E-state index in [1.807, 2.05) is 18.2 Å². The number of tetrazole rings is 2. The molecule has 5 aromatic heterocycles. The van der Waals surface area contributed by atoms with Gasteiger partial charge in [0, 0.05) is 78.3 Å². The van der Waals surface area contributed by atoms with Gasteiger partial charge in [-0.05, 0) is 224 Å². The molecule has 0 amide bonds. The number of rotatable bonds is 13. The van der Waals surface area contributed by atoms with E-state index < -0.39 is 29.0 Å². The summed E-state index contributed by atoms with van der Waals surface area (Å²) in [5.41, 5.74) is 2.05. The van der Waals surface area contributed by atoms with E-state index in [0.717, 1.165) is 78.9 Å². The monoisotopic (exact) mass is 1300 g/mol. The van der Waals surface area contributed by atoms with Crippen molar-refractivity contribution in [2.45, 2.75) is 192 Å². The van der Waals surface area contributed by atoms with Gasteiger partial charge in [0.05, 0.1) is 24.3 Å². The molecule has 24 nitrogen and oxygen atoms in total. The van der Waals surface area contributed by atoms with E-state index in [0.29, 0.717) is 58.9 Å². The second-order valence-electron chi connectivity index (χ2n) is 28.3. The van der Waals surface area contributed by atoms with E-state index in [4.69, 9.17) is 11.6 Å². The number of hydrogen-bond acceptors (Lipinski definition) is 20. The standard InChI is InChI=1S/C26H34FN9O.C23H29F2N9O.C15H22ClFN4/c1-15-20(13-26(2,3)35-11-5-6-21(15)35)30-23-19(27)14-28-24(31-23)29-17-9-10-18(16-7-8-16)22(12-17)36-25(37)34(4)32-33-36;1-13-17(11-23(2,3)33-9-5-6-18(13)33)28-20-16(25)12-26-21(29-20)27-14-7-8-15(24)19(10-14)34-22(35)32(4)30-31-34;1-9-11(19-13-10(17)8-18-14(16)20-13)7-15(2,3)21-6-4-5-12(9)21/h9-10,12,14-16,20-21H,5-8,11,13H2,1-4H3,(H2,28,29,30,31);7-8,10,12-13,17-18H,5-6,9,11H2,1-4H3,(H2,26,27,28,29);8-9,11-12H,4-7H2,1-3H3,(H,18,19,20). The van der Waals surface area contributed by atoms with Crippen LogP contribution in [-0.4, -0.2) is 157 Å². The van der Waals surface area contributed by atoms with E-state index in [1.54, 1.807) is 7.05 Å². The molecule has 6 aliphatic heterocycles. The molecule has 0 radical (unpaired) electrons. The lowest BCUT2D eigenvalue weighted by Gasteiger charge is -2.51. The molecular formula is C64H85ClF4N22O2. The third-order valence-corrected chi connectivity index (χ3v) is 20.9. The van der Waals surface area contributed by atoms with Crippen molar-refractivity contribution >= 4 is 52.3 Å². The van der Waals surface area contributed by atoms with Gasteiger partial charge in [0.1, 0.15) is 11.5 Å². The van der Waals surface area contributed by atoms with Gasteiger partial charge in [-0.1, -0.05) is 26.8 Å². The number of halogens is 5. The first-order valence-electron chi connectivity index (χ1n) is 32.5. The quantitative estimate of drug-likeness (QED) is 0.0532. The maximum absolute atomic E-state index is 14.9. The van der Waals surface area contributed by atoms with Crippen LogP contribution < -0.4 is 38.0 Å². The summed E-state index contributed by atoms with van der Waals surface area (Å²) in [6.45, 7) is 23.7. The molecule has 1 aliphatic carbocycles. The van der Waals surface area contributed by atoms with Crippen LogP contribution in [0, 0.1) is 41.0 Å². The molecular weight excluding hydrogens is 1220 g/mol. The first-order chi connectivity index (χ1) is 44.2. The molecule has 1 saturated carbocycles. The highest BCUT2D eigenvalue weighted by Gasteiger charge is 2.50. The number of aromatic nitrogens is 14. The molecule has 7 fully saturated rings. The van der Waals surface area contributed by atoms with Crippen molar-refractivity contribution < 1.29 is 17.6 Å². The maximum atomic E-state index is 14.9. The van der Waals surface area contributed by atoms with E-state index in [9.17, 15) is 27.2 Å². The van der Waals surface area contributed by atoms with Gasteiger partial charge in [-0.25, -0.2) is 42.1 Å². The van der Waals surface area contributed by atoms with Crippen molar-refractivity contribution in [3.05, 3.63) is 110 Å². The summed E-state index contributed by atoms with van der Waals surface area (Å²) >= 11 is 5.78. The van der Waals surface area contributed by atoms with Crippen LogP contribution in [0.2, 0.25) is 5.28 Å². The zero-order valence-corrected chi connectivity index (χ0v) is 55.4. The Morgan fingerprint density at radius 3 is 1.29 bits per heavy atom. The second-order valence-corrected chi connectivity index (χ2v) is 28.6. The fraction of sp³-hybridized carbons (Fsp3) is 0.594. The van der Waals surface area contributed by atoms with Gasteiger partial charge in [0.2, 0.25) is 17.2 Å². The third-order valence-electron chi connectivity index (χ3n) is 20.7. The molecule has 7 aliphatic rings. The molecule has 6 saturated heterocycles. The van der Waals surface area contributed by atoms with Gasteiger partial charge in [-0.3, -0.25) is 14.7 Å². The topological polar surface area (TPSA) is 253 Å². The van der Waals surface area contributed by atoms with Gasteiger partial charge in [-0.15, -0.1) is 0 Å². The van der Waals surface area contributed by atoms with Crippen molar-refractivity contribution in [3.8, 4) is 11.4 Å². The van der Waals surface area contributed by atoms with Crippen molar-refractivity contribution in [3.63, 3.8) is 0 Å². The molecule has 498 valence electrons. The maximum Gasteiger partial charge on any atom is 0.368 e. The number of hydrogen-bond donors (Lipinski definition) is 5. The third kappa shape index (κ3) is 13.6. The van der Waals surface area contributed by atoms with E-state index in [-0.39, 0.29) is 80.8 Å². The Hall–Kier alpha value is -7.69. The summed E-state index contributed by atoms with van der Waals surface area (Å²) in [6.07, 6.45) is 15.5. The molecule has 0 bridgehead atoms. The minimum Gasteiger partial charge on any atom is -0.364 e. The smallest absolute Gasteiger partial charge is 0.364 e. The summed E-state index contributed by atoms with van der Waals surface area (Å²) in [5.74, 6) is 0.440.